The van der Waals surface area contributed by atoms with E-state index in [1.54, 1.807) is 4.90 Å². The quantitative estimate of drug-likeness (QED) is 0.918. The number of carbonyl (C=O) groups is 1. The van der Waals surface area contributed by atoms with Crippen molar-refractivity contribution in [3.8, 4) is 5.75 Å². The van der Waals surface area contributed by atoms with E-state index in [0.29, 0.717) is 26.1 Å². The third-order valence-electron chi connectivity index (χ3n) is 3.85. The first-order valence-corrected chi connectivity index (χ1v) is 7.55. The van der Waals surface area contributed by atoms with Crippen LogP contribution in [0.2, 0.25) is 0 Å². The van der Waals surface area contributed by atoms with Crippen LogP contribution in [0.5, 0.6) is 5.75 Å². The van der Waals surface area contributed by atoms with Crippen molar-refractivity contribution < 1.29 is 9.53 Å². The number of benzene rings is 2. The van der Waals surface area contributed by atoms with E-state index in [1.807, 2.05) is 54.6 Å². The Labute approximate surface area is 130 Å². The highest BCUT2D eigenvalue weighted by atomic mass is 16.5. The average Bonchev–Trinajstić information content (AvgIpc) is 2.99. The molecule has 2 aromatic rings. The number of amides is 1. The molecule has 1 aliphatic rings. The van der Waals surface area contributed by atoms with E-state index in [-0.39, 0.29) is 5.91 Å². The minimum atomic E-state index is -0.437. The van der Waals surface area contributed by atoms with Crippen LogP contribution in [-0.2, 0) is 17.8 Å². The van der Waals surface area contributed by atoms with Gasteiger partial charge in [-0.2, -0.15) is 0 Å². The molecule has 0 saturated carbocycles. The van der Waals surface area contributed by atoms with Gasteiger partial charge in [0.05, 0.1) is 0 Å². The van der Waals surface area contributed by atoms with Crippen LogP contribution < -0.4 is 10.5 Å². The molecule has 0 spiro atoms. The molecule has 1 amide bonds. The molecule has 2 N–H and O–H groups in total. The van der Waals surface area contributed by atoms with Crippen LogP contribution in [0.4, 0.5) is 0 Å². The second-order valence-corrected chi connectivity index (χ2v) is 5.45. The van der Waals surface area contributed by atoms with Crippen LogP contribution in [0.1, 0.15) is 11.1 Å². The summed E-state index contributed by atoms with van der Waals surface area (Å²) in [6, 6.07) is 17.8. The predicted octanol–water partition coefficient (Wildman–Crippen LogP) is 1.98. The molecule has 0 aliphatic carbocycles. The Morgan fingerprint density at radius 1 is 1.14 bits per heavy atom. The van der Waals surface area contributed by atoms with Crippen molar-refractivity contribution in [3.05, 3.63) is 65.7 Å². The molecule has 0 aromatic heterocycles. The number of fused-ring (bicyclic) bond motifs is 1. The molecule has 114 valence electrons. The first kappa shape index (κ1) is 14.6. The minimum Gasteiger partial charge on any atom is -0.480 e. The lowest BCUT2D eigenvalue weighted by Gasteiger charge is -2.25. The van der Waals surface area contributed by atoms with Crippen LogP contribution in [0.15, 0.2) is 54.6 Å². The lowest BCUT2D eigenvalue weighted by molar-refractivity contribution is -0.138. The Morgan fingerprint density at radius 2 is 1.86 bits per heavy atom. The number of hydrogen-bond donors (Lipinski definition) is 1. The second kappa shape index (κ2) is 6.62. The zero-order valence-electron chi connectivity index (χ0n) is 12.4. The smallest absolute Gasteiger partial charge is 0.264 e. The van der Waals surface area contributed by atoms with Crippen LogP contribution in [0, 0.1) is 0 Å². The summed E-state index contributed by atoms with van der Waals surface area (Å²) in [6.45, 7) is 1.54. The average molecular weight is 296 g/mol. The summed E-state index contributed by atoms with van der Waals surface area (Å²) >= 11 is 0. The first-order chi connectivity index (χ1) is 10.8. The molecule has 1 unspecified atom stereocenters. The topological polar surface area (TPSA) is 55.6 Å². The van der Waals surface area contributed by atoms with E-state index in [9.17, 15) is 4.79 Å². The maximum Gasteiger partial charge on any atom is 0.264 e. The van der Waals surface area contributed by atoms with Crippen molar-refractivity contribution in [2.24, 2.45) is 5.73 Å². The number of para-hydroxylation sites is 1. The predicted molar refractivity (Wildman–Crippen MR) is 85.5 cm³/mol. The number of carbonyl (C=O) groups excluding carboxylic acids is 1. The summed E-state index contributed by atoms with van der Waals surface area (Å²) in [5.41, 5.74) is 7.86. The van der Waals surface area contributed by atoms with E-state index in [1.165, 1.54) is 0 Å². The van der Waals surface area contributed by atoms with Gasteiger partial charge in [-0.15, -0.1) is 0 Å². The third-order valence-corrected chi connectivity index (χ3v) is 3.85. The fraction of sp³-hybridized carbons (Fsp3) is 0.278. The molecule has 1 aliphatic heterocycles. The Hall–Kier alpha value is -2.33. The molecule has 2 aromatic carbocycles. The van der Waals surface area contributed by atoms with Crippen molar-refractivity contribution in [2.75, 3.05) is 13.1 Å². The zero-order chi connectivity index (χ0) is 15.4. The highest BCUT2D eigenvalue weighted by Gasteiger charge is 2.31. The molecule has 0 fully saturated rings. The maximum absolute atomic E-state index is 12.8. The van der Waals surface area contributed by atoms with Gasteiger partial charge < -0.3 is 15.4 Å². The maximum atomic E-state index is 12.8. The number of ether oxygens (including phenoxy) is 1. The van der Waals surface area contributed by atoms with E-state index in [4.69, 9.17) is 10.5 Å². The molecular formula is C18H20N2O2. The minimum absolute atomic E-state index is 0.00510. The lowest BCUT2D eigenvalue weighted by Crippen LogP contribution is -2.43. The lowest BCUT2D eigenvalue weighted by atomic mass is 10.1. The van der Waals surface area contributed by atoms with Gasteiger partial charge in [0.1, 0.15) is 5.75 Å². The van der Waals surface area contributed by atoms with Gasteiger partial charge in [0.25, 0.3) is 5.91 Å². The molecule has 4 nitrogen and oxygen atoms in total. The SMILES string of the molecule is NCCN(Cc1ccccc1)C(=O)C1Cc2ccccc2O1. The van der Waals surface area contributed by atoms with E-state index < -0.39 is 6.10 Å². The molecule has 0 bridgehead atoms. The number of nitrogens with zero attached hydrogens (tertiary/aromatic N) is 1. The van der Waals surface area contributed by atoms with Gasteiger partial charge in [0.15, 0.2) is 6.10 Å². The largest absolute Gasteiger partial charge is 0.480 e. The van der Waals surface area contributed by atoms with Gasteiger partial charge in [-0.25, -0.2) is 0 Å². The summed E-state index contributed by atoms with van der Waals surface area (Å²) in [4.78, 5) is 14.5. The van der Waals surface area contributed by atoms with Crippen LogP contribution in [0.3, 0.4) is 0 Å². The summed E-state index contributed by atoms with van der Waals surface area (Å²) < 4.78 is 5.80. The van der Waals surface area contributed by atoms with Crippen molar-refractivity contribution >= 4 is 5.91 Å². The standard InChI is InChI=1S/C18H20N2O2/c19-10-11-20(13-14-6-2-1-3-7-14)18(21)17-12-15-8-4-5-9-16(15)22-17/h1-9,17H,10-13,19H2. The number of hydrogen-bond acceptors (Lipinski definition) is 3. The Kier molecular flexibility index (Phi) is 4.39. The first-order valence-electron chi connectivity index (χ1n) is 7.55. The Balaban J connectivity index is 1.71. The molecule has 1 atom stereocenters. The van der Waals surface area contributed by atoms with E-state index >= 15 is 0 Å². The molecule has 0 radical (unpaired) electrons. The summed E-state index contributed by atoms with van der Waals surface area (Å²) in [7, 11) is 0. The summed E-state index contributed by atoms with van der Waals surface area (Å²) in [5, 5.41) is 0. The Morgan fingerprint density at radius 3 is 2.59 bits per heavy atom. The molecule has 4 heteroatoms. The fourth-order valence-corrected chi connectivity index (χ4v) is 2.75. The number of nitrogens with two attached hydrogens (primary N) is 1. The third kappa shape index (κ3) is 3.12. The van der Waals surface area contributed by atoms with Gasteiger partial charge >= 0.3 is 0 Å². The highest BCUT2D eigenvalue weighted by Crippen LogP contribution is 2.29. The molecule has 22 heavy (non-hydrogen) atoms. The van der Waals surface area contributed by atoms with Crippen molar-refractivity contribution in [2.45, 2.75) is 19.1 Å². The fourth-order valence-electron chi connectivity index (χ4n) is 2.75. The van der Waals surface area contributed by atoms with Crippen LogP contribution in [0.25, 0.3) is 0 Å². The van der Waals surface area contributed by atoms with Gasteiger partial charge in [0.2, 0.25) is 0 Å². The van der Waals surface area contributed by atoms with Crippen molar-refractivity contribution in [3.63, 3.8) is 0 Å². The highest BCUT2D eigenvalue weighted by molar-refractivity contribution is 5.82. The zero-order valence-corrected chi connectivity index (χ0v) is 12.4. The van der Waals surface area contributed by atoms with E-state index in [2.05, 4.69) is 0 Å². The summed E-state index contributed by atoms with van der Waals surface area (Å²) in [6.07, 6.45) is 0.192. The van der Waals surface area contributed by atoms with Crippen molar-refractivity contribution in [1.82, 2.24) is 4.90 Å². The summed E-state index contributed by atoms with van der Waals surface area (Å²) in [5.74, 6) is 0.818. The van der Waals surface area contributed by atoms with Crippen molar-refractivity contribution in [1.29, 1.82) is 0 Å². The number of rotatable bonds is 5. The Bertz CT molecular complexity index is 618. The molecule has 0 saturated heterocycles. The molecule has 3 rings (SSSR count). The second-order valence-electron chi connectivity index (χ2n) is 5.45. The normalized spacial score (nSPS) is 16.0. The van der Waals surface area contributed by atoms with Crippen LogP contribution in [-0.4, -0.2) is 30.0 Å². The van der Waals surface area contributed by atoms with Gasteiger partial charge in [-0.3, -0.25) is 4.79 Å². The van der Waals surface area contributed by atoms with Gasteiger partial charge in [-0.05, 0) is 17.2 Å². The molecular weight excluding hydrogens is 276 g/mol. The molecule has 1 heterocycles. The van der Waals surface area contributed by atoms with Gasteiger partial charge in [0, 0.05) is 26.1 Å². The van der Waals surface area contributed by atoms with E-state index in [0.717, 1.165) is 16.9 Å². The monoisotopic (exact) mass is 296 g/mol. The van der Waals surface area contributed by atoms with Gasteiger partial charge in [-0.1, -0.05) is 48.5 Å². The van der Waals surface area contributed by atoms with Crippen LogP contribution >= 0.6 is 0 Å².